The second-order valence-electron chi connectivity index (χ2n) is 10.9. The van der Waals surface area contributed by atoms with Gasteiger partial charge in [0.1, 0.15) is 17.3 Å². The zero-order chi connectivity index (χ0) is 30.7. The summed E-state index contributed by atoms with van der Waals surface area (Å²) in [6.45, 7) is 10.1. The molecule has 1 fully saturated rings. The fourth-order valence-corrected chi connectivity index (χ4v) is 5.86. The monoisotopic (exact) mass is 591 g/mol. The number of phenolic OH excluding ortho intramolecular Hbond substituents is 1. The number of hydrogen-bond acceptors (Lipinski definition) is 8. The van der Waals surface area contributed by atoms with E-state index >= 15 is 8.78 Å². The van der Waals surface area contributed by atoms with Crippen LogP contribution >= 0.6 is 0 Å². The first-order valence-electron chi connectivity index (χ1n) is 13.7. The number of benzene rings is 1. The molecule has 2 N–H and O–H groups in total. The van der Waals surface area contributed by atoms with Gasteiger partial charge in [-0.15, -0.1) is 0 Å². The highest BCUT2D eigenvalue weighted by atomic mass is 19.2. The van der Waals surface area contributed by atoms with Gasteiger partial charge < -0.3 is 20.2 Å². The van der Waals surface area contributed by atoms with E-state index in [2.05, 4.69) is 26.8 Å². The molecular weight excluding hydrogens is 563 g/mol. The molecule has 3 aromatic heterocycles. The van der Waals surface area contributed by atoms with E-state index in [1.165, 1.54) is 10.6 Å². The molecule has 2 aliphatic rings. The number of carbonyl (C=O) groups is 1. The number of aryl methyl sites for hydroxylation is 1. The second-order valence-corrected chi connectivity index (χ2v) is 10.9. The van der Waals surface area contributed by atoms with Crippen molar-refractivity contribution in [3.63, 3.8) is 0 Å². The Hall–Kier alpha value is -4.94. The molecular formula is C30H28F3N7O3. The summed E-state index contributed by atoms with van der Waals surface area (Å²) in [6, 6.07) is 2.91. The summed E-state index contributed by atoms with van der Waals surface area (Å²) in [5, 5.41) is 13.7. The van der Waals surface area contributed by atoms with Crippen LogP contribution in [-0.2, 0) is 4.79 Å². The van der Waals surface area contributed by atoms with Gasteiger partial charge in [-0.2, -0.15) is 4.98 Å². The Labute approximate surface area is 244 Å². The minimum absolute atomic E-state index is 0.0831. The average molecular weight is 592 g/mol. The smallest absolute Gasteiger partial charge is 0.355 e. The van der Waals surface area contributed by atoms with Crippen molar-refractivity contribution in [2.45, 2.75) is 32.7 Å². The van der Waals surface area contributed by atoms with Crippen molar-refractivity contribution in [1.82, 2.24) is 24.4 Å². The van der Waals surface area contributed by atoms with Crippen molar-refractivity contribution in [2.75, 3.05) is 36.4 Å². The van der Waals surface area contributed by atoms with Crippen LogP contribution in [0.25, 0.3) is 28.0 Å². The van der Waals surface area contributed by atoms with Crippen molar-refractivity contribution in [3.8, 4) is 22.7 Å². The average Bonchev–Trinajstić information content (AvgIpc) is 3.14. The Balaban J connectivity index is 1.72. The Bertz CT molecular complexity index is 1890. The van der Waals surface area contributed by atoms with Gasteiger partial charge >= 0.3 is 5.69 Å². The largest absolute Gasteiger partial charge is 0.507 e. The van der Waals surface area contributed by atoms with E-state index in [1.54, 1.807) is 24.1 Å². The zero-order valence-corrected chi connectivity index (χ0v) is 23.7. The number of hydrogen-bond donors (Lipinski definition) is 2. The third-order valence-electron chi connectivity index (χ3n) is 7.94. The number of amides is 1. The number of rotatable bonds is 4. The van der Waals surface area contributed by atoms with Crippen LogP contribution < -0.4 is 15.9 Å². The Morgan fingerprint density at radius 2 is 1.93 bits per heavy atom. The van der Waals surface area contributed by atoms with Crippen LogP contribution in [0.5, 0.6) is 5.75 Å². The third-order valence-corrected chi connectivity index (χ3v) is 7.94. The fourth-order valence-electron chi connectivity index (χ4n) is 5.86. The number of halogens is 3. The van der Waals surface area contributed by atoms with Gasteiger partial charge in [0.05, 0.1) is 34.1 Å². The quantitative estimate of drug-likeness (QED) is 0.342. The normalized spacial score (nSPS) is 16.2. The summed E-state index contributed by atoms with van der Waals surface area (Å²) < 4.78 is 47.2. The van der Waals surface area contributed by atoms with Crippen LogP contribution in [0.15, 0.2) is 41.8 Å². The van der Waals surface area contributed by atoms with E-state index in [-0.39, 0.29) is 54.0 Å². The minimum Gasteiger partial charge on any atom is -0.507 e. The van der Waals surface area contributed by atoms with Crippen LogP contribution in [0.3, 0.4) is 0 Å². The van der Waals surface area contributed by atoms with Crippen molar-refractivity contribution < 1.29 is 23.1 Å². The first-order chi connectivity index (χ1) is 20.5. The molecule has 1 atom stereocenters. The molecule has 222 valence electrons. The summed E-state index contributed by atoms with van der Waals surface area (Å²) in [7, 11) is 0. The van der Waals surface area contributed by atoms with Crippen LogP contribution in [-0.4, -0.2) is 67.7 Å². The number of carbonyl (C=O) groups excluding carboxylic acids is 1. The molecule has 6 rings (SSSR count). The van der Waals surface area contributed by atoms with Gasteiger partial charge in [0, 0.05) is 32.4 Å². The highest BCUT2D eigenvalue weighted by Gasteiger charge is 2.37. The molecule has 1 aromatic carbocycles. The van der Waals surface area contributed by atoms with Crippen LogP contribution in [0.4, 0.5) is 24.7 Å². The number of phenols is 1. The number of anilines is 2. The first kappa shape index (κ1) is 28.2. The van der Waals surface area contributed by atoms with Crippen molar-refractivity contribution in [2.24, 2.45) is 0 Å². The molecule has 5 heterocycles. The van der Waals surface area contributed by atoms with Crippen LogP contribution in [0, 0.1) is 24.4 Å². The van der Waals surface area contributed by atoms with Gasteiger partial charge in [-0.1, -0.05) is 20.4 Å². The van der Waals surface area contributed by atoms with E-state index in [9.17, 15) is 19.1 Å². The number of fused-ring (bicyclic) bond motifs is 2. The van der Waals surface area contributed by atoms with Gasteiger partial charge in [0.25, 0.3) is 0 Å². The van der Waals surface area contributed by atoms with Crippen molar-refractivity contribution >= 4 is 28.4 Å². The van der Waals surface area contributed by atoms with Gasteiger partial charge in [-0.25, -0.2) is 27.5 Å². The Morgan fingerprint density at radius 3 is 2.65 bits per heavy atom. The lowest BCUT2D eigenvalue weighted by Gasteiger charge is -2.41. The zero-order valence-electron chi connectivity index (χ0n) is 23.7. The highest BCUT2D eigenvalue weighted by Crippen LogP contribution is 2.43. The maximum atomic E-state index is 16.5. The van der Waals surface area contributed by atoms with E-state index < -0.39 is 46.2 Å². The van der Waals surface area contributed by atoms with Gasteiger partial charge in [-0.3, -0.25) is 9.78 Å². The molecule has 43 heavy (non-hydrogen) atoms. The van der Waals surface area contributed by atoms with E-state index in [4.69, 9.17) is 0 Å². The number of piperazine rings is 1. The number of aromatic hydroxyl groups is 1. The number of nitrogens with one attached hydrogen (secondary N) is 1. The highest BCUT2D eigenvalue weighted by molar-refractivity contribution is 6.02. The molecule has 10 nitrogen and oxygen atoms in total. The molecule has 0 bridgehead atoms. The molecule has 4 aromatic rings. The molecule has 1 amide bonds. The lowest BCUT2D eigenvalue weighted by Crippen LogP contribution is -2.57. The fraction of sp³-hybridized carbons (Fsp3) is 0.300. The first-order valence-corrected chi connectivity index (χ1v) is 13.7. The van der Waals surface area contributed by atoms with Crippen molar-refractivity contribution in [3.05, 3.63) is 76.2 Å². The summed E-state index contributed by atoms with van der Waals surface area (Å²) >= 11 is 0. The predicted molar refractivity (Wildman–Crippen MR) is 155 cm³/mol. The second kappa shape index (κ2) is 10.4. The van der Waals surface area contributed by atoms with Crippen LogP contribution in [0.1, 0.15) is 31.0 Å². The van der Waals surface area contributed by atoms with E-state index in [0.29, 0.717) is 23.5 Å². The molecule has 0 aliphatic carbocycles. The van der Waals surface area contributed by atoms with Crippen LogP contribution in [0.2, 0.25) is 0 Å². The number of nitrogens with zero attached hydrogens (tertiary/aromatic N) is 6. The minimum atomic E-state index is -1.49. The summed E-state index contributed by atoms with van der Waals surface area (Å²) in [5.41, 5.74) is -0.873. The number of pyridine rings is 2. The molecule has 13 heteroatoms. The molecule has 1 unspecified atom stereocenters. The Kier molecular flexibility index (Phi) is 6.82. The molecule has 1 saturated heterocycles. The standard InChI is InChI=1S/C30H28F3N7O3/c1-5-19(42)38-10-11-39-16(13-38)12-35-25-21-28(39)37-30(43)40(27-15(4)8-9-34-24(27)14(2)3)29(21)36-26(23(25)33)20-18(41)7-6-17(31)22(20)32/h5-9,14,16,35,41H,1,10-13H2,2-4H3. The topological polar surface area (TPSA) is 116 Å². The molecule has 0 radical (unpaired) electrons. The Morgan fingerprint density at radius 1 is 1.16 bits per heavy atom. The lowest BCUT2D eigenvalue weighted by atomic mass is 10.0. The summed E-state index contributed by atoms with van der Waals surface area (Å²) in [4.78, 5) is 43.1. The summed E-state index contributed by atoms with van der Waals surface area (Å²) in [6.07, 6.45) is 2.82. The molecule has 2 aliphatic heterocycles. The SMILES string of the molecule is C=CC(=O)N1CCN2c3nc(=O)n(-c4c(C)ccnc4C(C)C)c4nc(-c5c(O)ccc(F)c5F)c(F)c(c34)NCC2C1. The third kappa shape index (κ3) is 4.37. The maximum absolute atomic E-state index is 16.5. The molecule has 0 spiro atoms. The number of aromatic nitrogens is 4. The molecule has 0 saturated carbocycles. The summed E-state index contributed by atoms with van der Waals surface area (Å²) in [5.74, 6) is -4.87. The van der Waals surface area contributed by atoms with Gasteiger partial charge in [0.2, 0.25) is 5.91 Å². The van der Waals surface area contributed by atoms with Gasteiger partial charge in [-0.05, 0) is 42.7 Å². The van der Waals surface area contributed by atoms with E-state index in [0.717, 1.165) is 12.1 Å². The predicted octanol–water partition coefficient (Wildman–Crippen LogP) is 4.03. The van der Waals surface area contributed by atoms with Crippen molar-refractivity contribution in [1.29, 1.82) is 0 Å². The maximum Gasteiger partial charge on any atom is 0.355 e. The van der Waals surface area contributed by atoms with Gasteiger partial charge in [0.15, 0.2) is 23.1 Å². The lowest BCUT2D eigenvalue weighted by molar-refractivity contribution is -0.126. The van der Waals surface area contributed by atoms with E-state index in [1.807, 2.05) is 18.7 Å².